The number of aromatic carboxylic acids is 1. The third kappa shape index (κ3) is 4.57. The summed E-state index contributed by atoms with van der Waals surface area (Å²) in [5, 5.41) is 8.91. The first-order chi connectivity index (χ1) is 9.10. The van der Waals surface area contributed by atoms with Crippen LogP contribution in [0.3, 0.4) is 0 Å². The van der Waals surface area contributed by atoms with Crippen molar-refractivity contribution in [3.8, 4) is 0 Å². The summed E-state index contributed by atoms with van der Waals surface area (Å²) in [6.07, 6.45) is -0.404. The monoisotopic (exact) mass is 279 g/mol. The van der Waals surface area contributed by atoms with Gasteiger partial charge in [0.25, 0.3) is 0 Å². The maximum atomic E-state index is 11.9. The van der Waals surface area contributed by atoms with Crippen molar-refractivity contribution in [3.05, 3.63) is 34.9 Å². The third-order valence-electron chi connectivity index (χ3n) is 2.70. The van der Waals surface area contributed by atoms with Gasteiger partial charge in [0.15, 0.2) is 0 Å². The smallest absolute Gasteiger partial charge is 0.410 e. The van der Waals surface area contributed by atoms with Crippen LogP contribution in [0.2, 0.25) is 0 Å². The predicted octanol–water partition coefficient (Wildman–Crippen LogP) is 3.06. The van der Waals surface area contributed by atoms with E-state index in [4.69, 9.17) is 9.84 Å². The number of benzene rings is 1. The van der Waals surface area contributed by atoms with E-state index in [-0.39, 0.29) is 5.56 Å². The fraction of sp³-hybridized carbons (Fsp3) is 0.467. The van der Waals surface area contributed by atoms with E-state index in [0.717, 1.165) is 11.1 Å². The first-order valence-corrected chi connectivity index (χ1v) is 6.37. The summed E-state index contributed by atoms with van der Waals surface area (Å²) in [6.45, 7) is 7.63. The summed E-state index contributed by atoms with van der Waals surface area (Å²) < 4.78 is 5.27. The van der Waals surface area contributed by atoms with Gasteiger partial charge in [-0.05, 0) is 51.0 Å². The van der Waals surface area contributed by atoms with Gasteiger partial charge in [-0.3, -0.25) is 0 Å². The van der Waals surface area contributed by atoms with Crippen molar-refractivity contribution < 1.29 is 19.4 Å². The standard InChI is InChI=1S/C15H21NO4/c1-10-8-11(13(17)18)6-7-12(10)9-16(5)14(19)20-15(2,3)4/h6-8H,9H2,1-5H3,(H,17,18). The van der Waals surface area contributed by atoms with E-state index < -0.39 is 17.7 Å². The number of hydrogen-bond donors (Lipinski definition) is 1. The number of aryl methyl sites for hydroxylation is 1. The van der Waals surface area contributed by atoms with Crippen LogP contribution in [0.5, 0.6) is 0 Å². The molecule has 1 aromatic rings. The zero-order chi connectivity index (χ0) is 15.5. The molecule has 0 heterocycles. The molecule has 0 atom stereocenters. The molecule has 0 spiro atoms. The van der Waals surface area contributed by atoms with Crippen LogP contribution in [0.25, 0.3) is 0 Å². The van der Waals surface area contributed by atoms with Gasteiger partial charge in [-0.1, -0.05) is 6.07 Å². The van der Waals surface area contributed by atoms with E-state index in [2.05, 4.69) is 0 Å². The van der Waals surface area contributed by atoms with Crippen LogP contribution in [0.1, 0.15) is 42.3 Å². The first kappa shape index (κ1) is 16.0. The Bertz CT molecular complexity index is 517. The van der Waals surface area contributed by atoms with Crippen molar-refractivity contribution in [1.82, 2.24) is 4.90 Å². The maximum Gasteiger partial charge on any atom is 0.410 e. The minimum atomic E-state index is -0.958. The van der Waals surface area contributed by atoms with Gasteiger partial charge in [0, 0.05) is 13.6 Å². The number of amides is 1. The Hall–Kier alpha value is -2.04. The lowest BCUT2D eigenvalue weighted by atomic mass is 10.0. The van der Waals surface area contributed by atoms with Crippen LogP contribution < -0.4 is 0 Å². The van der Waals surface area contributed by atoms with Crippen molar-refractivity contribution in [2.75, 3.05) is 7.05 Å². The summed E-state index contributed by atoms with van der Waals surface area (Å²) in [6, 6.07) is 4.86. The molecule has 0 aromatic heterocycles. The molecule has 20 heavy (non-hydrogen) atoms. The Kier molecular flexibility index (Phi) is 4.76. The van der Waals surface area contributed by atoms with Crippen molar-refractivity contribution in [3.63, 3.8) is 0 Å². The molecule has 0 radical (unpaired) electrons. The molecule has 5 heteroatoms. The lowest BCUT2D eigenvalue weighted by Gasteiger charge is -2.25. The number of nitrogens with zero attached hydrogens (tertiary/aromatic N) is 1. The quantitative estimate of drug-likeness (QED) is 0.923. The van der Waals surface area contributed by atoms with Crippen LogP contribution in [0, 0.1) is 6.92 Å². The van der Waals surface area contributed by atoms with E-state index in [1.54, 1.807) is 19.2 Å². The predicted molar refractivity (Wildman–Crippen MR) is 75.8 cm³/mol. The second kappa shape index (κ2) is 5.94. The summed E-state index contributed by atoms with van der Waals surface area (Å²) in [5.41, 5.74) is 1.43. The van der Waals surface area contributed by atoms with E-state index in [0.29, 0.717) is 6.54 Å². The molecule has 0 aliphatic heterocycles. The van der Waals surface area contributed by atoms with Crippen LogP contribution >= 0.6 is 0 Å². The minimum absolute atomic E-state index is 0.242. The Balaban J connectivity index is 2.78. The fourth-order valence-corrected chi connectivity index (χ4v) is 1.67. The number of carboxylic acid groups (broad SMARTS) is 1. The molecule has 0 saturated heterocycles. The zero-order valence-electron chi connectivity index (χ0n) is 12.6. The molecule has 5 nitrogen and oxygen atoms in total. The normalized spacial score (nSPS) is 11.1. The van der Waals surface area contributed by atoms with Gasteiger partial charge < -0.3 is 14.7 Å². The van der Waals surface area contributed by atoms with Crippen LogP contribution in [0.4, 0.5) is 4.79 Å². The zero-order valence-corrected chi connectivity index (χ0v) is 12.6. The van der Waals surface area contributed by atoms with Crippen LogP contribution in [-0.4, -0.2) is 34.7 Å². The molecule has 0 aliphatic rings. The minimum Gasteiger partial charge on any atom is -0.478 e. The van der Waals surface area contributed by atoms with Gasteiger partial charge in [-0.2, -0.15) is 0 Å². The molecule has 110 valence electrons. The van der Waals surface area contributed by atoms with Gasteiger partial charge in [0.1, 0.15) is 5.60 Å². The number of ether oxygens (including phenoxy) is 1. The summed E-state index contributed by atoms with van der Waals surface area (Å²) in [5.74, 6) is -0.958. The summed E-state index contributed by atoms with van der Waals surface area (Å²) in [7, 11) is 1.65. The van der Waals surface area contributed by atoms with Crippen molar-refractivity contribution in [2.24, 2.45) is 0 Å². The molecule has 1 N–H and O–H groups in total. The number of carboxylic acids is 1. The summed E-state index contributed by atoms with van der Waals surface area (Å²) >= 11 is 0. The SMILES string of the molecule is Cc1cc(C(=O)O)ccc1CN(C)C(=O)OC(C)(C)C. The molecular formula is C15H21NO4. The number of hydrogen-bond acceptors (Lipinski definition) is 3. The number of carbonyl (C=O) groups excluding carboxylic acids is 1. The van der Waals surface area contributed by atoms with E-state index >= 15 is 0 Å². The number of rotatable bonds is 3. The largest absolute Gasteiger partial charge is 0.478 e. The molecule has 1 aromatic carbocycles. The average Bonchev–Trinajstić information content (AvgIpc) is 2.29. The highest BCUT2D eigenvalue weighted by molar-refractivity contribution is 5.87. The highest BCUT2D eigenvalue weighted by Crippen LogP contribution is 2.15. The van der Waals surface area contributed by atoms with Gasteiger partial charge in [0.2, 0.25) is 0 Å². The molecule has 1 rings (SSSR count). The molecule has 1 amide bonds. The second-order valence-electron chi connectivity index (χ2n) is 5.78. The fourth-order valence-electron chi connectivity index (χ4n) is 1.67. The Morgan fingerprint density at radius 1 is 1.30 bits per heavy atom. The van der Waals surface area contributed by atoms with Gasteiger partial charge >= 0.3 is 12.1 Å². The van der Waals surface area contributed by atoms with E-state index in [1.165, 1.54) is 11.0 Å². The molecule has 0 fully saturated rings. The highest BCUT2D eigenvalue weighted by atomic mass is 16.6. The average molecular weight is 279 g/mol. The molecular weight excluding hydrogens is 258 g/mol. The van der Waals surface area contributed by atoms with Gasteiger partial charge in [-0.25, -0.2) is 9.59 Å². The first-order valence-electron chi connectivity index (χ1n) is 6.37. The number of carbonyl (C=O) groups is 2. The lowest BCUT2D eigenvalue weighted by molar-refractivity contribution is 0.0284. The Morgan fingerprint density at radius 2 is 1.90 bits per heavy atom. The molecule has 0 saturated carbocycles. The maximum absolute atomic E-state index is 11.9. The van der Waals surface area contributed by atoms with Crippen molar-refractivity contribution in [2.45, 2.75) is 39.8 Å². The third-order valence-corrected chi connectivity index (χ3v) is 2.70. The van der Waals surface area contributed by atoms with Crippen molar-refractivity contribution >= 4 is 12.1 Å². The Labute approximate surface area is 119 Å². The summed E-state index contributed by atoms with van der Waals surface area (Å²) in [4.78, 5) is 24.2. The molecule has 0 bridgehead atoms. The van der Waals surface area contributed by atoms with Crippen LogP contribution in [0.15, 0.2) is 18.2 Å². The van der Waals surface area contributed by atoms with E-state index in [1.807, 2.05) is 27.7 Å². The molecule has 0 unspecified atom stereocenters. The second-order valence-corrected chi connectivity index (χ2v) is 5.78. The van der Waals surface area contributed by atoms with Gasteiger partial charge in [-0.15, -0.1) is 0 Å². The Morgan fingerprint density at radius 3 is 2.35 bits per heavy atom. The van der Waals surface area contributed by atoms with Gasteiger partial charge in [0.05, 0.1) is 5.56 Å². The highest BCUT2D eigenvalue weighted by Gasteiger charge is 2.20. The van der Waals surface area contributed by atoms with Crippen molar-refractivity contribution in [1.29, 1.82) is 0 Å². The molecule has 0 aliphatic carbocycles. The topological polar surface area (TPSA) is 66.8 Å². The van der Waals surface area contributed by atoms with Crippen LogP contribution in [-0.2, 0) is 11.3 Å². The lowest BCUT2D eigenvalue weighted by Crippen LogP contribution is -2.34. The van der Waals surface area contributed by atoms with E-state index in [9.17, 15) is 9.59 Å².